The molecule has 3 heteroatoms. The summed E-state index contributed by atoms with van der Waals surface area (Å²) in [5, 5.41) is 3.25. The molecule has 3 nitrogen and oxygen atoms in total. The van der Waals surface area contributed by atoms with Crippen LogP contribution in [0.5, 0.6) is 0 Å². The van der Waals surface area contributed by atoms with Gasteiger partial charge in [0.05, 0.1) is 0 Å². The predicted molar refractivity (Wildman–Crippen MR) is 84.1 cm³/mol. The minimum Gasteiger partial charge on any atom is -0.353 e. The molecule has 0 amide bonds. The van der Waals surface area contributed by atoms with E-state index < -0.39 is 0 Å². The Bertz CT molecular complexity index is 452. The fraction of sp³-hybridized carbons (Fsp3) is 0.706. The molecule has 1 aliphatic heterocycles. The van der Waals surface area contributed by atoms with E-state index in [1.165, 1.54) is 56.5 Å². The Hall–Kier alpha value is -1.09. The SMILES string of the molecule is CNCc1cc(C)nc(N2CCCC2C2CCCC2)c1. The maximum atomic E-state index is 4.82. The van der Waals surface area contributed by atoms with Crippen LogP contribution >= 0.6 is 0 Å². The van der Waals surface area contributed by atoms with Crippen molar-refractivity contribution < 1.29 is 0 Å². The number of hydrogen-bond acceptors (Lipinski definition) is 3. The molecule has 110 valence electrons. The van der Waals surface area contributed by atoms with Gasteiger partial charge in [-0.1, -0.05) is 12.8 Å². The van der Waals surface area contributed by atoms with Crippen LogP contribution in [0.1, 0.15) is 49.8 Å². The normalized spacial score (nSPS) is 23.7. The van der Waals surface area contributed by atoms with Crippen LogP contribution in [-0.4, -0.2) is 24.6 Å². The van der Waals surface area contributed by atoms with Crippen LogP contribution in [0.4, 0.5) is 5.82 Å². The van der Waals surface area contributed by atoms with Gasteiger partial charge in [-0.25, -0.2) is 4.98 Å². The van der Waals surface area contributed by atoms with Crippen molar-refractivity contribution in [1.82, 2.24) is 10.3 Å². The highest BCUT2D eigenvalue weighted by Crippen LogP contribution is 2.37. The van der Waals surface area contributed by atoms with E-state index in [-0.39, 0.29) is 0 Å². The third-order valence-corrected chi connectivity index (χ3v) is 4.92. The molecule has 0 radical (unpaired) electrons. The Labute approximate surface area is 122 Å². The van der Waals surface area contributed by atoms with Crippen LogP contribution in [0.3, 0.4) is 0 Å². The number of hydrogen-bond donors (Lipinski definition) is 1. The lowest BCUT2D eigenvalue weighted by Gasteiger charge is -2.31. The third-order valence-electron chi connectivity index (χ3n) is 4.92. The molecule has 1 saturated carbocycles. The lowest BCUT2D eigenvalue weighted by atomic mass is 9.96. The lowest BCUT2D eigenvalue weighted by molar-refractivity contribution is 0.429. The molecule has 1 N–H and O–H groups in total. The van der Waals surface area contributed by atoms with E-state index in [0.29, 0.717) is 0 Å². The first kappa shape index (κ1) is 13.9. The number of nitrogens with zero attached hydrogens (tertiary/aromatic N) is 2. The summed E-state index contributed by atoms with van der Waals surface area (Å²) in [6, 6.07) is 5.23. The summed E-state index contributed by atoms with van der Waals surface area (Å²) < 4.78 is 0. The maximum Gasteiger partial charge on any atom is 0.129 e. The van der Waals surface area contributed by atoms with E-state index in [4.69, 9.17) is 4.98 Å². The molecule has 1 aromatic rings. The van der Waals surface area contributed by atoms with Crippen molar-refractivity contribution in [3.05, 3.63) is 23.4 Å². The number of rotatable bonds is 4. The van der Waals surface area contributed by atoms with Crippen LogP contribution in [0.15, 0.2) is 12.1 Å². The van der Waals surface area contributed by atoms with Crippen molar-refractivity contribution in [2.24, 2.45) is 5.92 Å². The van der Waals surface area contributed by atoms with E-state index in [1.54, 1.807) is 0 Å². The Morgan fingerprint density at radius 3 is 2.75 bits per heavy atom. The molecule has 20 heavy (non-hydrogen) atoms. The molecule has 1 saturated heterocycles. The summed E-state index contributed by atoms with van der Waals surface area (Å²) in [7, 11) is 2.01. The fourth-order valence-electron chi connectivity index (χ4n) is 4.08. The van der Waals surface area contributed by atoms with Crippen LogP contribution < -0.4 is 10.2 Å². The van der Waals surface area contributed by atoms with Gasteiger partial charge in [0.2, 0.25) is 0 Å². The largest absolute Gasteiger partial charge is 0.353 e. The van der Waals surface area contributed by atoms with Crippen molar-refractivity contribution in [3.8, 4) is 0 Å². The second-order valence-electron chi connectivity index (χ2n) is 6.45. The predicted octanol–water partition coefficient (Wildman–Crippen LogP) is 3.27. The molecule has 2 aliphatic rings. The van der Waals surface area contributed by atoms with Gasteiger partial charge in [0.25, 0.3) is 0 Å². The summed E-state index contributed by atoms with van der Waals surface area (Å²) in [6.45, 7) is 4.23. The average Bonchev–Trinajstić information content (AvgIpc) is 3.09. The van der Waals surface area contributed by atoms with Crippen molar-refractivity contribution >= 4 is 5.82 Å². The molecule has 0 bridgehead atoms. The zero-order valence-corrected chi connectivity index (χ0v) is 12.9. The van der Waals surface area contributed by atoms with Crippen LogP contribution in [0.2, 0.25) is 0 Å². The molecule has 0 aromatic carbocycles. The highest BCUT2D eigenvalue weighted by Gasteiger charge is 2.34. The van der Waals surface area contributed by atoms with Gasteiger partial charge in [-0.3, -0.25) is 0 Å². The van der Waals surface area contributed by atoms with Crippen LogP contribution in [0, 0.1) is 12.8 Å². The van der Waals surface area contributed by atoms with Gasteiger partial charge in [0.15, 0.2) is 0 Å². The van der Waals surface area contributed by atoms with E-state index >= 15 is 0 Å². The minimum absolute atomic E-state index is 0.745. The molecular weight excluding hydrogens is 246 g/mol. The number of aryl methyl sites for hydroxylation is 1. The smallest absolute Gasteiger partial charge is 0.129 e. The van der Waals surface area contributed by atoms with Gasteiger partial charge in [-0.15, -0.1) is 0 Å². The molecule has 2 fully saturated rings. The van der Waals surface area contributed by atoms with E-state index in [0.717, 1.165) is 24.2 Å². The second-order valence-corrected chi connectivity index (χ2v) is 6.45. The van der Waals surface area contributed by atoms with Crippen LogP contribution in [-0.2, 0) is 6.54 Å². The Balaban J connectivity index is 1.83. The number of pyridine rings is 1. The second kappa shape index (κ2) is 6.13. The third kappa shape index (κ3) is 2.83. The lowest BCUT2D eigenvalue weighted by Crippen LogP contribution is -2.35. The molecule has 3 rings (SSSR count). The summed E-state index contributed by atoms with van der Waals surface area (Å²) in [6.07, 6.45) is 8.41. The van der Waals surface area contributed by atoms with Crippen LogP contribution in [0.25, 0.3) is 0 Å². The molecule has 1 aliphatic carbocycles. The first-order valence-electron chi connectivity index (χ1n) is 8.17. The molecule has 2 heterocycles. The van der Waals surface area contributed by atoms with Gasteiger partial charge in [0.1, 0.15) is 5.82 Å². The maximum absolute atomic E-state index is 4.82. The fourth-order valence-corrected chi connectivity index (χ4v) is 4.08. The number of aromatic nitrogens is 1. The topological polar surface area (TPSA) is 28.2 Å². The molecule has 0 spiro atoms. The summed E-state index contributed by atoms with van der Waals surface area (Å²) in [5.74, 6) is 2.12. The monoisotopic (exact) mass is 273 g/mol. The van der Waals surface area contributed by atoms with E-state index in [1.807, 2.05) is 7.05 Å². The summed E-state index contributed by atoms with van der Waals surface area (Å²) in [4.78, 5) is 7.42. The standard InChI is InChI=1S/C17H27N3/c1-13-10-14(12-18-2)11-17(19-13)20-9-5-8-16(20)15-6-3-4-7-15/h10-11,15-16,18H,3-9,12H2,1-2H3. The van der Waals surface area contributed by atoms with Gasteiger partial charge >= 0.3 is 0 Å². The summed E-state index contributed by atoms with van der Waals surface area (Å²) >= 11 is 0. The number of anilines is 1. The van der Waals surface area contributed by atoms with E-state index in [2.05, 4.69) is 29.3 Å². The van der Waals surface area contributed by atoms with Gasteiger partial charge in [-0.2, -0.15) is 0 Å². The van der Waals surface area contributed by atoms with E-state index in [9.17, 15) is 0 Å². The molecular formula is C17H27N3. The zero-order chi connectivity index (χ0) is 13.9. The Morgan fingerprint density at radius 1 is 1.20 bits per heavy atom. The average molecular weight is 273 g/mol. The highest BCUT2D eigenvalue weighted by atomic mass is 15.2. The number of nitrogens with one attached hydrogen (secondary N) is 1. The van der Waals surface area contributed by atoms with Crippen molar-refractivity contribution in [2.45, 2.75) is 58.0 Å². The molecule has 1 unspecified atom stereocenters. The first-order chi connectivity index (χ1) is 9.78. The van der Waals surface area contributed by atoms with Crippen molar-refractivity contribution in [2.75, 3.05) is 18.5 Å². The van der Waals surface area contributed by atoms with Gasteiger partial charge in [0, 0.05) is 24.8 Å². The molecule has 1 atom stereocenters. The van der Waals surface area contributed by atoms with Crippen molar-refractivity contribution in [3.63, 3.8) is 0 Å². The summed E-state index contributed by atoms with van der Waals surface area (Å²) in [5.41, 5.74) is 2.50. The molecule has 1 aromatic heterocycles. The van der Waals surface area contributed by atoms with Gasteiger partial charge < -0.3 is 10.2 Å². The van der Waals surface area contributed by atoms with Crippen molar-refractivity contribution in [1.29, 1.82) is 0 Å². The first-order valence-corrected chi connectivity index (χ1v) is 8.17. The minimum atomic E-state index is 0.745. The Kier molecular flexibility index (Phi) is 4.25. The zero-order valence-electron chi connectivity index (χ0n) is 12.9. The Morgan fingerprint density at radius 2 is 2.00 bits per heavy atom. The van der Waals surface area contributed by atoms with Gasteiger partial charge in [-0.05, 0) is 63.3 Å². The highest BCUT2D eigenvalue weighted by molar-refractivity contribution is 5.45. The quantitative estimate of drug-likeness (QED) is 0.912.